The molecule has 0 aromatic heterocycles. The number of hydrogen-bond acceptors (Lipinski definition) is 3. The van der Waals surface area contributed by atoms with E-state index in [0.717, 1.165) is 5.56 Å². The molecule has 1 N–H and O–H groups in total. The molecule has 3 heteroatoms. The lowest BCUT2D eigenvalue weighted by Gasteiger charge is -2.19. The fourth-order valence-electron chi connectivity index (χ4n) is 2.65. The van der Waals surface area contributed by atoms with Gasteiger partial charge in [0.2, 0.25) is 0 Å². The lowest BCUT2D eigenvalue weighted by Crippen LogP contribution is -2.07. The van der Waals surface area contributed by atoms with Crippen molar-refractivity contribution in [1.29, 1.82) is 0 Å². The summed E-state index contributed by atoms with van der Waals surface area (Å²) < 4.78 is 10.7. The fourth-order valence-corrected chi connectivity index (χ4v) is 2.65. The Hall–Kier alpha value is -2.00. The summed E-state index contributed by atoms with van der Waals surface area (Å²) >= 11 is 0. The molecule has 0 fully saturated rings. The van der Waals surface area contributed by atoms with Gasteiger partial charge in [0.1, 0.15) is 0 Å². The number of aliphatic hydroxyl groups is 1. The van der Waals surface area contributed by atoms with Crippen LogP contribution in [0.1, 0.15) is 28.4 Å². The largest absolute Gasteiger partial charge is 0.493 e. The number of methoxy groups -OCH3 is 2. The summed E-state index contributed by atoms with van der Waals surface area (Å²) in [6.45, 7) is 4.13. The molecule has 1 atom stereocenters. The van der Waals surface area contributed by atoms with Crippen molar-refractivity contribution >= 4 is 0 Å². The lowest BCUT2D eigenvalue weighted by atomic mass is 9.94. The highest BCUT2D eigenvalue weighted by Crippen LogP contribution is 2.36. The summed E-state index contributed by atoms with van der Waals surface area (Å²) in [5, 5.41) is 10.6. The van der Waals surface area contributed by atoms with Crippen molar-refractivity contribution < 1.29 is 14.6 Å². The number of ether oxygens (including phenoxy) is 2. The minimum Gasteiger partial charge on any atom is -0.493 e. The summed E-state index contributed by atoms with van der Waals surface area (Å²) in [5.74, 6) is 1.23. The molecule has 0 bridgehead atoms. The van der Waals surface area contributed by atoms with Crippen LogP contribution in [-0.4, -0.2) is 19.3 Å². The molecule has 21 heavy (non-hydrogen) atoms. The first-order chi connectivity index (χ1) is 10.1. The number of aliphatic hydroxyl groups excluding tert-OH is 1. The first-order valence-electron chi connectivity index (χ1n) is 7.02. The van der Waals surface area contributed by atoms with Gasteiger partial charge in [0.25, 0.3) is 0 Å². The Bertz CT molecular complexity index is 600. The van der Waals surface area contributed by atoms with Crippen LogP contribution in [0.5, 0.6) is 11.5 Å². The molecule has 0 aliphatic heterocycles. The molecule has 0 amide bonds. The van der Waals surface area contributed by atoms with Gasteiger partial charge < -0.3 is 14.6 Å². The minimum absolute atomic E-state index is 0.558. The topological polar surface area (TPSA) is 38.7 Å². The van der Waals surface area contributed by atoms with Crippen molar-refractivity contribution in [2.24, 2.45) is 0 Å². The van der Waals surface area contributed by atoms with E-state index in [1.165, 1.54) is 16.7 Å². The van der Waals surface area contributed by atoms with Crippen LogP contribution in [0.2, 0.25) is 0 Å². The number of rotatable bonds is 5. The highest BCUT2D eigenvalue weighted by atomic mass is 16.5. The summed E-state index contributed by atoms with van der Waals surface area (Å²) in [7, 11) is 3.19. The van der Waals surface area contributed by atoms with Gasteiger partial charge in [-0.2, -0.15) is 0 Å². The Kier molecular flexibility index (Phi) is 4.86. The van der Waals surface area contributed by atoms with Crippen molar-refractivity contribution in [2.45, 2.75) is 26.4 Å². The Morgan fingerprint density at radius 3 is 2.14 bits per heavy atom. The van der Waals surface area contributed by atoms with Gasteiger partial charge in [0.05, 0.1) is 20.3 Å². The average Bonchev–Trinajstić information content (AvgIpc) is 2.49. The van der Waals surface area contributed by atoms with Crippen LogP contribution in [0.15, 0.2) is 36.4 Å². The molecular weight excluding hydrogens is 264 g/mol. The molecular formula is C18H22O3. The maximum atomic E-state index is 10.6. The lowest BCUT2D eigenvalue weighted by molar-refractivity contribution is 0.172. The van der Waals surface area contributed by atoms with Crippen LogP contribution in [0.3, 0.4) is 0 Å². The highest BCUT2D eigenvalue weighted by molar-refractivity contribution is 5.48. The number of benzene rings is 2. The van der Waals surface area contributed by atoms with Crippen LogP contribution in [-0.2, 0) is 6.42 Å². The van der Waals surface area contributed by atoms with E-state index in [-0.39, 0.29) is 0 Å². The van der Waals surface area contributed by atoms with E-state index in [4.69, 9.17) is 9.47 Å². The zero-order valence-corrected chi connectivity index (χ0v) is 13.0. The van der Waals surface area contributed by atoms with Crippen LogP contribution in [0, 0.1) is 13.8 Å². The fraction of sp³-hybridized carbons (Fsp3) is 0.333. The molecule has 3 nitrogen and oxygen atoms in total. The van der Waals surface area contributed by atoms with Crippen LogP contribution >= 0.6 is 0 Å². The third-order valence-electron chi connectivity index (χ3n) is 3.83. The molecule has 0 saturated carbocycles. The molecule has 0 aliphatic rings. The maximum absolute atomic E-state index is 10.6. The Balaban J connectivity index is 2.35. The van der Waals surface area contributed by atoms with Crippen molar-refractivity contribution in [3.05, 3.63) is 58.7 Å². The summed E-state index contributed by atoms with van der Waals surface area (Å²) in [4.78, 5) is 0. The smallest absolute Gasteiger partial charge is 0.166 e. The quantitative estimate of drug-likeness (QED) is 0.912. The zero-order chi connectivity index (χ0) is 15.4. The maximum Gasteiger partial charge on any atom is 0.166 e. The molecule has 0 radical (unpaired) electrons. The van der Waals surface area contributed by atoms with Crippen molar-refractivity contribution in [3.8, 4) is 11.5 Å². The van der Waals surface area contributed by atoms with E-state index in [0.29, 0.717) is 17.9 Å². The third-order valence-corrected chi connectivity index (χ3v) is 3.83. The van der Waals surface area contributed by atoms with Gasteiger partial charge in [-0.15, -0.1) is 0 Å². The van der Waals surface area contributed by atoms with Gasteiger partial charge >= 0.3 is 0 Å². The first kappa shape index (κ1) is 15.4. The van der Waals surface area contributed by atoms with E-state index in [9.17, 15) is 5.11 Å². The van der Waals surface area contributed by atoms with Crippen LogP contribution < -0.4 is 9.47 Å². The molecule has 2 rings (SSSR count). The second-order valence-electron chi connectivity index (χ2n) is 5.17. The van der Waals surface area contributed by atoms with Crippen LogP contribution in [0.4, 0.5) is 0 Å². The highest BCUT2D eigenvalue weighted by Gasteiger charge is 2.18. The van der Waals surface area contributed by atoms with Gasteiger partial charge in [0.15, 0.2) is 11.5 Å². The Labute approximate surface area is 126 Å². The van der Waals surface area contributed by atoms with Gasteiger partial charge in [-0.3, -0.25) is 0 Å². The average molecular weight is 286 g/mol. The van der Waals surface area contributed by atoms with E-state index < -0.39 is 6.10 Å². The summed E-state index contributed by atoms with van der Waals surface area (Å²) in [6, 6.07) is 11.7. The van der Waals surface area contributed by atoms with E-state index in [1.807, 2.05) is 24.3 Å². The normalized spacial score (nSPS) is 12.0. The van der Waals surface area contributed by atoms with Gasteiger partial charge in [-0.25, -0.2) is 0 Å². The molecule has 0 saturated heterocycles. The molecule has 2 aromatic rings. The van der Waals surface area contributed by atoms with E-state index in [1.54, 1.807) is 14.2 Å². The van der Waals surface area contributed by atoms with Gasteiger partial charge in [-0.1, -0.05) is 30.3 Å². The number of para-hydroxylation sites is 1. The van der Waals surface area contributed by atoms with E-state index in [2.05, 4.69) is 26.0 Å². The number of hydrogen-bond donors (Lipinski definition) is 1. The van der Waals surface area contributed by atoms with E-state index >= 15 is 0 Å². The van der Waals surface area contributed by atoms with Crippen LogP contribution in [0.25, 0.3) is 0 Å². The van der Waals surface area contributed by atoms with Crippen molar-refractivity contribution in [1.82, 2.24) is 0 Å². The molecule has 2 aromatic carbocycles. The zero-order valence-electron chi connectivity index (χ0n) is 13.0. The summed E-state index contributed by atoms with van der Waals surface area (Å²) in [5.41, 5.74) is 4.31. The SMILES string of the molecule is COc1cccc(C(O)Cc2c(C)cccc2C)c1OC. The molecule has 0 heterocycles. The number of aryl methyl sites for hydroxylation is 2. The van der Waals surface area contributed by atoms with Crippen molar-refractivity contribution in [2.75, 3.05) is 14.2 Å². The third kappa shape index (κ3) is 3.19. The standard InChI is InChI=1S/C18H22O3/c1-12-7-5-8-13(2)15(12)11-16(19)14-9-6-10-17(20-3)18(14)21-4/h5-10,16,19H,11H2,1-4H3. The Morgan fingerprint density at radius 2 is 1.57 bits per heavy atom. The molecule has 112 valence electrons. The molecule has 1 unspecified atom stereocenters. The summed E-state index contributed by atoms with van der Waals surface area (Å²) in [6.07, 6.45) is -0.0722. The minimum atomic E-state index is -0.630. The second kappa shape index (κ2) is 6.64. The first-order valence-corrected chi connectivity index (χ1v) is 7.02. The monoisotopic (exact) mass is 286 g/mol. The predicted octanol–water partition coefficient (Wildman–Crippen LogP) is 3.60. The van der Waals surface area contributed by atoms with Crippen molar-refractivity contribution in [3.63, 3.8) is 0 Å². The molecule has 0 spiro atoms. The van der Waals surface area contributed by atoms with Gasteiger partial charge in [-0.05, 0) is 36.6 Å². The molecule has 0 aliphatic carbocycles. The Morgan fingerprint density at radius 1 is 0.952 bits per heavy atom. The van der Waals surface area contributed by atoms with Gasteiger partial charge in [0, 0.05) is 12.0 Å². The second-order valence-corrected chi connectivity index (χ2v) is 5.17. The predicted molar refractivity (Wildman–Crippen MR) is 84.1 cm³/mol.